The maximum atomic E-state index is 13.4. The van der Waals surface area contributed by atoms with E-state index >= 15 is 0 Å². The number of thioether (sulfide) groups is 1. The lowest BCUT2D eigenvalue weighted by molar-refractivity contribution is -0.116. The van der Waals surface area contributed by atoms with Crippen LogP contribution in [0.1, 0.15) is 17.4 Å². The first kappa shape index (κ1) is 21.8. The van der Waals surface area contributed by atoms with Crippen molar-refractivity contribution in [3.63, 3.8) is 0 Å². The van der Waals surface area contributed by atoms with Gasteiger partial charge in [-0.05, 0) is 29.8 Å². The van der Waals surface area contributed by atoms with E-state index < -0.39 is 5.25 Å². The molecule has 34 heavy (non-hydrogen) atoms. The fraction of sp³-hybridized carbons (Fsp3) is 0.160. The summed E-state index contributed by atoms with van der Waals surface area (Å²) in [4.78, 5) is 13.4. The molecule has 0 aliphatic carbocycles. The maximum Gasteiger partial charge on any atom is 0.240 e. The summed E-state index contributed by atoms with van der Waals surface area (Å²) in [6.45, 7) is 0.240. The van der Waals surface area contributed by atoms with Gasteiger partial charge in [-0.3, -0.25) is 4.79 Å². The zero-order valence-corrected chi connectivity index (χ0v) is 19.2. The van der Waals surface area contributed by atoms with Gasteiger partial charge in [-0.15, -0.1) is 10.2 Å². The molecule has 0 radical (unpaired) electrons. The standard InChI is InChI=1S/C25H23N5O3S/c1-32-20-15-9-8-14-19(20)26-24(31)23-22(17-10-4-2-5-11-17)29-30-21(27-28-25(30)34-23)16-33-18-12-6-3-7-13-18/h2-15,22-23,29H,16H2,1H3,(H,26,31)/t22-,23+/m0/s1. The molecule has 0 unspecified atom stereocenters. The summed E-state index contributed by atoms with van der Waals surface area (Å²) in [6.07, 6.45) is 0. The molecule has 2 N–H and O–H groups in total. The smallest absolute Gasteiger partial charge is 0.240 e. The van der Waals surface area contributed by atoms with Crippen molar-refractivity contribution in [1.29, 1.82) is 0 Å². The number of hydrogen-bond acceptors (Lipinski definition) is 7. The van der Waals surface area contributed by atoms with Crippen molar-refractivity contribution in [2.45, 2.75) is 23.1 Å². The van der Waals surface area contributed by atoms with Crippen molar-refractivity contribution < 1.29 is 14.3 Å². The van der Waals surface area contributed by atoms with Gasteiger partial charge in [0.25, 0.3) is 0 Å². The summed E-state index contributed by atoms with van der Waals surface area (Å²) < 4.78 is 13.1. The minimum Gasteiger partial charge on any atom is -0.495 e. The number of amides is 1. The van der Waals surface area contributed by atoms with Crippen LogP contribution in [0.4, 0.5) is 5.69 Å². The summed E-state index contributed by atoms with van der Waals surface area (Å²) in [6, 6.07) is 26.4. The third-order valence-corrected chi connectivity index (χ3v) is 6.61. The van der Waals surface area contributed by atoms with Gasteiger partial charge in [0.05, 0.1) is 18.8 Å². The predicted octanol–water partition coefficient (Wildman–Crippen LogP) is 4.26. The number of methoxy groups -OCH3 is 1. The van der Waals surface area contributed by atoms with E-state index in [1.165, 1.54) is 11.8 Å². The van der Waals surface area contributed by atoms with Crippen molar-refractivity contribution in [3.05, 3.63) is 96.3 Å². The Morgan fingerprint density at radius 2 is 1.71 bits per heavy atom. The molecule has 3 aromatic carbocycles. The highest BCUT2D eigenvalue weighted by molar-refractivity contribution is 8.00. The monoisotopic (exact) mass is 473 g/mol. The Labute approximate surface area is 201 Å². The van der Waals surface area contributed by atoms with Crippen molar-refractivity contribution >= 4 is 23.4 Å². The quantitative estimate of drug-likeness (QED) is 0.414. The number of anilines is 1. The molecule has 1 aliphatic rings. The molecular weight excluding hydrogens is 450 g/mol. The number of carbonyl (C=O) groups excluding carboxylic acids is 1. The van der Waals surface area contributed by atoms with Crippen LogP contribution in [-0.4, -0.2) is 33.1 Å². The first-order valence-corrected chi connectivity index (χ1v) is 11.6. The number of para-hydroxylation sites is 3. The normalized spacial score (nSPS) is 16.7. The number of rotatable bonds is 7. The molecule has 8 nitrogen and oxygen atoms in total. The lowest BCUT2D eigenvalue weighted by Gasteiger charge is -2.33. The molecule has 1 aromatic heterocycles. The van der Waals surface area contributed by atoms with Gasteiger partial charge in [0.2, 0.25) is 11.1 Å². The van der Waals surface area contributed by atoms with Crippen LogP contribution in [0.3, 0.4) is 0 Å². The van der Waals surface area contributed by atoms with Gasteiger partial charge < -0.3 is 20.2 Å². The van der Waals surface area contributed by atoms with Crippen LogP contribution in [0, 0.1) is 0 Å². The number of aromatic nitrogens is 3. The van der Waals surface area contributed by atoms with E-state index in [4.69, 9.17) is 9.47 Å². The second kappa shape index (κ2) is 9.88. The van der Waals surface area contributed by atoms with Gasteiger partial charge in [0, 0.05) is 0 Å². The van der Waals surface area contributed by atoms with E-state index in [9.17, 15) is 4.79 Å². The van der Waals surface area contributed by atoms with E-state index in [0.29, 0.717) is 22.4 Å². The van der Waals surface area contributed by atoms with Crippen LogP contribution < -0.4 is 20.2 Å². The minimum absolute atomic E-state index is 0.160. The highest BCUT2D eigenvalue weighted by Crippen LogP contribution is 2.38. The molecule has 4 aromatic rings. The molecule has 0 saturated carbocycles. The van der Waals surface area contributed by atoms with Crippen LogP contribution in [0.5, 0.6) is 11.5 Å². The van der Waals surface area contributed by atoms with Gasteiger partial charge in [-0.2, -0.15) is 0 Å². The average Bonchev–Trinajstić information content (AvgIpc) is 3.30. The van der Waals surface area contributed by atoms with E-state index in [0.717, 1.165) is 11.3 Å². The largest absolute Gasteiger partial charge is 0.495 e. The van der Waals surface area contributed by atoms with E-state index in [1.54, 1.807) is 11.8 Å². The van der Waals surface area contributed by atoms with Gasteiger partial charge >= 0.3 is 0 Å². The van der Waals surface area contributed by atoms with Gasteiger partial charge in [0.15, 0.2) is 5.82 Å². The number of fused-ring (bicyclic) bond motifs is 1. The van der Waals surface area contributed by atoms with Gasteiger partial charge in [0.1, 0.15) is 23.4 Å². The first-order chi connectivity index (χ1) is 16.7. The fourth-order valence-electron chi connectivity index (χ4n) is 3.72. The topological polar surface area (TPSA) is 90.3 Å². The van der Waals surface area contributed by atoms with Crippen LogP contribution in [0.15, 0.2) is 90.1 Å². The van der Waals surface area contributed by atoms with Crippen LogP contribution in [-0.2, 0) is 11.4 Å². The Morgan fingerprint density at radius 3 is 2.47 bits per heavy atom. The summed E-state index contributed by atoms with van der Waals surface area (Å²) in [7, 11) is 1.58. The molecule has 1 amide bonds. The number of nitrogens with one attached hydrogen (secondary N) is 2. The Bertz CT molecular complexity index is 1270. The summed E-state index contributed by atoms with van der Waals surface area (Å²) in [5.74, 6) is 1.81. The van der Waals surface area contributed by atoms with E-state index in [-0.39, 0.29) is 18.6 Å². The molecule has 172 valence electrons. The third kappa shape index (κ3) is 4.55. The van der Waals surface area contributed by atoms with Gasteiger partial charge in [-0.1, -0.05) is 72.4 Å². The molecule has 0 saturated heterocycles. The Morgan fingerprint density at radius 1 is 1.00 bits per heavy atom. The Hall–Kier alpha value is -3.98. The minimum atomic E-state index is -0.494. The lowest BCUT2D eigenvalue weighted by atomic mass is 10.0. The number of carbonyl (C=O) groups is 1. The molecule has 2 atom stereocenters. The van der Waals surface area contributed by atoms with Crippen LogP contribution in [0.2, 0.25) is 0 Å². The molecule has 1 aliphatic heterocycles. The summed E-state index contributed by atoms with van der Waals surface area (Å²) >= 11 is 1.36. The van der Waals surface area contributed by atoms with Crippen LogP contribution >= 0.6 is 11.8 Å². The lowest BCUT2D eigenvalue weighted by Crippen LogP contribution is -2.41. The molecule has 0 fully saturated rings. The number of hydrogen-bond donors (Lipinski definition) is 2. The maximum absolute atomic E-state index is 13.4. The third-order valence-electron chi connectivity index (χ3n) is 5.40. The van der Waals surface area contributed by atoms with Gasteiger partial charge in [-0.25, -0.2) is 4.68 Å². The highest BCUT2D eigenvalue weighted by atomic mass is 32.2. The Kier molecular flexibility index (Phi) is 6.35. The second-order valence-corrected chi connectivity index (χ2v) is 8.69. The number of benzene rings is 3. The van der Waals surface area contributed by atoms with Crippen LogP contribution in [0.25, 0.3) is 0 Å². The molecule has 0 bridgehead atoms. The van der Waals surface area contributed by atoms with E-state index in [2.05, 4.69) is 20.9 Å². The van der Waals surface area contributed by atoms with Crippen molar-refractivity contribution in [2.24, 2.45) is 0 Å². The molecule has 0 spiro atoms. The summed E-state index contributed by atoms with van der Waals surface area (Å²) in [5.41, 5.74) is 5.04. The summed E-state index contributed by atoms with van der Waals surface area (Å²) in [5, 5.41) is 11.7. The zero-order valence-electron chi connectivity index (χ0n) is 18.4. The van der Waals surface area contributed by atoms with Crippen molar-refractivity contribution in [2.75, 3.05) is 17.9 Å². The second-order valence-electron chi connectivity index (χ2n) is 7.58. The van der Waals surface area contributed by atoms with Crippen molar-refractivity contribution in [1.82, 2.24) is 14.9 Å². The van der Waals surface area contributed by atoms with E-state index in [1.807, 2.05) is 84.9 Å². The van der Waals surface area contributed by atoms with Crippen molar-refractivity contribution in [3.8, 4) is 11.5 Å². The fourth-order valence-corrected chi connectivity index (χ4v) is 4.82. The number of ether oxygens (including phenoxy) is 2. The Balaban J connectivity index is 1.41. The first-order valence-electron chi connectivity index (χ1n) is 10.8. The average molecular weight is 474 g/mol. The molecule has 2 heterocycles. The SMILES string of the molecule is COc1ccccc1NC(=O)[C@@H]1Sc2nnc(COc3ccccc3)n2N[C@H]1c1ccccc1. The molecule has 9 heteroatoms. The predicted molar refractivity (Wildman–Crippen MR) is 131 cm³/mol. The zero-order chi connectivity index (χ0) is 23.3. The number of nitrogens with zero attached hydrogens (tertiary/aromatic N) is 3. The molecular formula is C25H23N5O3S. The molecule has 5 rings (SSSR count). The highest BCUT2D eigenvalue weighted by Gasteiger charge is 2.38.